The van der Waals surface area contributed by atoms with E-state index in [-0.39, 0.29) is 23.5 Å². The molecule has 5 nitrogen and oxygen atoms in total. The summed E-state index contributed by atoms with van der Waals surface area (Å²) in [5.74, 6) is -0.00484. The Hall–Kier alpha value is -3.06. The highest BCUT2D eigenvalue weighted by atomic mass is 35.5. The molecule has 2 aromatic heterocycles. The van der Waals surface area contributed by atoms with Gasteiger partial charge in [0.05, 0.1) is 10.7 Å². The van der Waals surface area contributed by atoms with Crippen LogP contribution in [0.25, 0.3) is 22.4 Å². The molecule has 3 N–H and O–H groups in total. The molecule has 0 saturated carbocycles. The SMILES string of the molecule is Cl.N[C@H](CNc1ncc(-c2ccc(F)c(Cl)c2)c(-c2ccncc2)n1)Cc1ccccc1. The van der Waals surface area contributed by atoms with Gasteiger partial charge in [0.15, 0.2) is 0 Å². The zero-order valence-electron chi connectivity index (χ0n) is 17.1. The van der Waals surface area contributed by atoms with Crippen LogP contribution < -0.4 is 11.1 Å². The van der Waals surface area contributed by atoms with Gasteiger partial charge in [-0.15, -0.1) is 12.4 Å². The van der Waals surface area contributed by atoms with Crippen LogP contribution in [0, 0.1) is 5.82 Å². The van der Waals surface area contributed by atoms with Crippen LogP contribution in [0.2, 0.25) is 5.02 Å². The summed E-state index contributed by atoms with van der Waals surface area (Å²) in [6.07, 6.45) is 5.85. The Morgan fingerprint density at radius 3 is 2.47 bits per heavy atom. The van der Waals surface area contributed by atoms with Gasteiger partial charge in [-0.05, 0) is 41.8 Å². The van der Waals surface area contributed by atoms with E-state index in [9.17, 15) is 4.39 Å². The Labute approximate surface area is 197 Å². The van der Waals surface area contributed by atoms with Crippen molar-refractivity contribution in [3.8, 4) is 22.4 Å². The van der Waals surface area contributed by atoms with E-state index in [0.29, 0.717) is 18.2 Å². The molecule has 2 aromatic carbocycles. The molecule has 2 heterocycles. The molecule has 0 aliphatic carbocycles. The average molecular weight is 470 g/mol. The summed E-state index contributed by atoms with van der Waals surface area (Å²) in [7, 11) is 0. The van der Waals surface area contributed by atoms with E-state index >= 15 is 0 Å². The molecular formula is C24H22Cl2FN5. The van der Waals surface area contributed by atoms with Crippen molar-refractivity contribution in [1.29, 1.82) is 0 Å². The van der Waals surface area contributed by atoms with Crippen LogP contribution in [0.5, 0.6) is 0 Å². The zero-order chi connectivity index (χ0) is 21.6. The van der Waals surface area contributed by atoms with Gasteiger partial charge in [0.1, 0.15) is 5.82 Å². The Bertz CT molecular complexity index is 1160. The Kier molecular flexibility index (Phi) is 8.11. The van der Waals surface area contributed by atoms with Crippen molar-refractivity contribution in [3.63, 3.8) is 0 Å². The first kappa shape index (κ1) is 23.6. The third kappa shape index (κ3) is 5.79. The second-order valence-corrected chi connectivity index (χ2v) is 7.56. The predicted molar refractivity (Wildman–Crippen MR) is 130 cm³/mol. The molecule has 1 atom stereocenters. The second kappa shape index (κ2) is 11.0. The number of hydrogen-bond acceptors (Lipinski definition) is 5. The van der Waals surface area contributed by atoms with Gasteiger partial charge in [0, 0.05) is 42.3 Å². The number of nitrogens with zero attached hydrogens (tertiary/aromatic N) is 3. The fourth-order valence-electron chi connectivity index (χ4n) is 3.28. The highest BCUT2D eigenvalue weighted by Crippen LogP contribution is 2.32. The number of nitrogens with two attached hydrogens (primary N) is 1. The summed E-state index contributed by atoms with van der Waals surface area (Å²) in [6.45, 7) is 0.520. The van der Waals surface area contributed by atoms with Crippen molar-refractivity contribution in [1.82, 2.24) is 15.0 Å². The summed E-state index contributed by atoms with van der Waals surface area (Å²) in [5, 5.41) is 3.27. The maximum Gasteiger partial charge on any atom is 0.223 e. The van der Waals surface area contributed by atoms with Gasteiger partial charge in [-0.25, -0.2) is 14.4 Å². The van der Waals surface area contributed by atoms with Crippen molar-refractivity contribution in [2.75, 3.05) is 11.9 Å². The first-order valence-corrected chi connectivity index (χ1v) is 10.2. The van der Waals surface area contributed by atoms with E-state index in [1.807, 2.05) is 30.3 Å². The summed E-state index contributed by atoms with van der Waals surface area (Å²) < 4.78 is 13.6. The second-order valence-electron chi connectivity index (χ2n) is 7.15. The van der Waals surface area contributed by atoms with Gasteiger partial charge in [-0.1, -0.05) is 48.0 Å². The first-order chi connectivity index (χ1) is 15.1. The number of hydrogen-bond donors (Lipinski definition) is 2. The smallest absolute Gasteiger partial charge is 0.223 e. The van der Waals surface area contributed by atoms with Crippen molar-refractivity contribution in [2.45, 2.75) is 12.5 Å². The summed E-state index contributed by atoms with van der Waals surface area (Å²) in [5.41, 5.74) is 10.5. The molecular weight excluding hydrogens is 448 g/mol. The average Bonchev–Trinajstić information content (AvgIpc) is 2.81. The predicted octanol–water partition coefficient (Wildman–Crippen LogP) is 5.40. The minimum atomic E-state index is -0.470. The lowest BCUT2D eigenvalue weighted by molar-refractivity contribution is 0.628. The Balaban J connectivity index is 0.00000289. The quantitative estimate of drug-likeness (QED) is 0.378. The number of anilines is 1. The maximum absolute atomic E-state index is 13.6. The molecule has 4 rings (SSSR count). The van der Waals surface area contributed by atoms with Gasteiger partial charge in [0.25, 0.3) is 0 Å². The number of benzene rings is 2. The molecule has 0 spiro atoms. The minimum Gasteiger partial charge on any atom is -0.353 e. The van der Waals surface area contributed by atoms with Crippen LogP contribution in [-0.2, 0) is 6.42 Å². The molecule has 0 bridgehead atoms. The number of aromatic nitrogens is 3. The number of pyridine rings is 1. The van der Waals surface area contributed by atoms with Crippen molar-refractivity contribution in [3.05, 3.63) is 95.7 Å². The molecule has 0 unspecified atom stereocenters. The van der Waals surface area contributed by atoms with E-state index in [4.69, 9.17) is 22.3 Å². The van der Waals surface area contributed by atoms with Crippen molar-refractivity contribution < 1.29 is 4.39 Å². The summed E-state index contributed by atoms with van der Waals surface area (Å²) in [6, 6.07) is 18.3. The van der Waals surface area contributed by atoms with Crippen molar-refractivity contribution >= 4 is 30.0 Å². The van der Waals surface area contributed by atoms with E-state index in [1.54, 1.807) is 30.7 Å². The molecule has 8 heteroatoms. The zero-order valence-corrected chi connectivity index (χ0v) is 18.7. The standard InChI is InChI=1S/C24H21ClFN5.ClH/c25-21-13-18(6-7-22(21)26)20-15-30-24(31-23(20)17-8-10-28-11-9-17)29-14-19(27)12-16-4-2-1-3-5-16;/h1-11,13,15,19H,12,14,27H2,(H,29,30,31);1H/t19-;/m0./s1. The molecule has 32 heavy (non-hydrogen) atoms. The fourth-order valence-corrected chi connectivity index (χ4v) is 3.46. The fraction of sp³-hybridized carbons (Fsp3) is 0.125. The third-order valence-corrected chi connectivity index (χ3v) is 5.13. The third-order valence-electron chi connectivity index (χ3n) is 4.84. The number of nitrogens with one attached hydrogen (secondary N) is 1. The molecule has 0 saturated heterocycles. The molecule has 4 aromatic rings. The molecule has 0 aliphatic heterocycles. The molecule has 0 radical (unpaired) electrons. The topological polar surface area (TPSA) is 76.7 Å². The van der Waals surface area contributed by atoms with Gasteiger partial charge >= 0.3 is 0 Å². The van der Waals surface area contributed by atoms with Crippen LogP contribution in [0.4, 0.5) is 10.3 Å². The van der Waals surface area contributed by atoms with E-state index in [2.05, 4.69) is 27.4 Å². The number of rotatable bonds is 7. The first-order valence-electron chi connectivity index (χ1n) is 9.86. The molecule has 0 fully saturated rings. The summed E-state index contributed by atoms with van der Waals surface area (Å²) in [4.78, 5) is 13.2. The van der Waals surface area contributed by atoms with Crippen LogP contribution >= 0.6 is 24.0 Å². The lowest BCUT2D eigenvalue weighted by Gasteiger charge is -2.15. The van der Waals surface area contributed by atoms with Crippen LogP contribution in [0.15, 0.2) is 79.3 Å². The van der Waals surface area contributed by atoms with E-state index < -0.39 is 5.82 Å². The largest absolute Gasteiger partial charge is 0.353 e. The molecule has 0 aliphatic rings. The van der Waals surface area contributed by atoms with Crippen molar-refractivity contribution in [2.24, 2.45) is 5.73 Å². The Morgan fingerprint density at radius 1 is 1.00 bits per heavy atom. The molecule has 164 valence electrons. The monoisotopic (exact) mass is 469 g/mol. The lowest BCUT2D eigenvalue weighted by atomic mass is 10.0. The van der Waals surface area contributed by atoms with E-state index in [0.717, 1.165) is 23.1 Å². The Morgan fingerprint density at radius 2 is 1.75 bits per heavy atom. The van der Waals surface area contributed by atoms with Gasteiger partial charge in [-0.3, -0.25) is 4.98 Å². The highest BCUT2D eigenvalue weighted by molar-refractivity contribution is 6.31. The van der Waals surface area contributed by atoms with Crippen LogP contribution in [0.3, 0.4) is 0 Å². The molecule has 0 amide bonds. The normalized spacial score (nSPS) is 11.5. The van der Waals surface area contributed by atoms with Gasteiger partial charge < -0.3 is 11.1 Å². The van der Waals surface area contributed by atoms with Crippen LogP contribution in [-0.4, -0.2) is 27.5 Å². The van der Waals surface area contributed by atoms with Gasteiger partial charge in [0.2, 0.25) is 5.95 Å². The van der Waals surface area contributed by atoms with E-state index in [1.165, 1.54) is 11.6 Å². The minimum absolute atomic E-state index is 0. The highest BCUT2D eigenvalue weighted by Gasteiger charge is 2.14. The van der Waals surface area contributed by atoms with Gasteiger partial charge in [-0.2, -0.15) is 0 Å². The van der Waals surface area contributed by atoms with Crippen LogP contribution in [0.1, 0.15) is 5.56 Å². The number of halogens is 3. The lowest BCUT2D eigenvalue weighted by Crippen LogP contribution is -2.31. The summed E-state index contributed by atoms with van der Waals surface area (Å²) >= 11 is 5.99. The maximum atomic E-state index is 13.6.